The van der Waals surface area contributed by atoms with Crippen molar-refractivity contribution in [2.75, 3.05) is 5.32 Å². The van der Waals surface area contributed by atoms with Gasteiger partial charge in [0, 0.05) is 17.3 Å². The van der Waals surface area contributed by atoms with E-state index in [0.29, 0.717) is 5.75 Å². The van der Waals surface area contributed by atoms with Crippen molar-refractivity contribution < 1.29 is 5.11 Å². The Labute approximate surface area is 96.3 Å². The van der Waals surface area contributed by atoms with E-state index in [1.165, 1.54) is 0 Å². The molecule has 16 heavy (non-hydrogen) atoms. The van der Waals surface area contributed by atoms with Gasteiger partial charge in [0.2, 0.25) is 0 Å². The molecule has 0 spiro atoms. The molecule has 1 aliphatic rings. The van der Waals surface area contributed by atoms with E-state index in [1.807, 2.05) is 12.1 Å². The summed E-state index contributed by atoms with van der Waals surface area (Å²) in [6.45, 7) is 4.21. The zero-order valence-electron chi connectivity index (χ0n) is 9.70. The highest BCUT2D eigenvalue weighted by atomic mass is 16.3. The Kier molecular flexibility index (Phi) is 3.00. The maximum atomic E-state index is 9.87. The number of phenolic OH excluding ortho intramolecular Hbond substituents is 1. The van der Waals surface area contributed by atoms with E-state index in [9.17, 15) is 5.11 Å². The van der Waals surface area contributed by atoms with Crippen LogP contribution in [-0.4, -0.2) is 11.1 Å². The molecule has 2 N–H and O–H groups in total. The minimum atomic E-state index is 0.254. The lowest BCUT2D eigenvalue weighted by atomic mass is 10.0. The predicted molar refractivity (Wildman–Crippen MR) is 68.6 cm³/mol. The van der Waals surface area contributed by atoms with Crippen molar-refractivity contribution in [1.82, 2.24) is 0 Å². The maximum Gasteiger partial charge on any atom is 0.125 e. The molecule has 2 rings (SSSR count). The number of rotatable bonds is 2. The average Bonchev–Trinajstić information content (AvgIpc) is 2.57. The molecule has 1 aromatic rings. The molecular formula is C14H17NO. The molecule has 84 valence electrons. The summed E-state index contributed by atoms with van der Waals surface area (Å²) in [5, 5.41) is 13.2. The van der Waals surface area contributed by atoms with E-state index in [4.69, 9.17) is 0 Å². The van der Waals surface area contributed by atoms with Crippen molar-refractivity contribution in [3.63, 3.8) is 0 Å². The second kappa shape index (κ2) is 4.44. The van der Waals surface area contributed by atoms with Gasteiger partial charge in [0.15, 0.2) is 0 Å². The Bertz CT molecular complexity index is 446. The Hall–Kier alpha value is -1.70. The van der Waals surface area contributed by atoms with E-state index in [1.54, 1.807) is 6.07 Å². The molecule has 2 heteroatoms. The third-order valence-electron chi connectivity index (χ3n) is 2.82. The van der Waals surface area contributed by atoms with Gasteiger partial charge in [-0.3, -0.25) is 0 Å². The highest BCUT2D eigenvalue weighted by Gasteiger charge is 2.24. The van der Waals surface area contributed by atoms with Crippen molar-refractivity contribution in [2.45, 2.75) is 26.3 Å². The second-order valence-corrected chi connectivity index (χ2v) is 4.02. The van der Waals surface area contributed by atoms with Gasteiger partial charge in [-0.1, -0.05) is 31.2 Å². The van der Waals surface area contributed by atoms with Crippen LogP contribution in [0.2, 0.25) is 0 Å². The van der Waals surface area contributed by atoms with Gasteiger partial charge in [0.1, 0.15) is 5.75 Å². The highest BCUT2D eigenvalue weighted by Crippen LogP contribution is 2.40. The molecule has 0 radical (unpaired) electrons. The number of phenols is 1. The largest absolute Gasteiger partial charge is 0.507 e. The van der Waals surface area contributed by atoms with Crippen LogP contribution in [0.25, 0.3) is 5.57 Å². The molecule has 0 bridgehead atoms. The van der Waals surface area contributed by atoms with E-state index in [0.717, 1.165) is 23.2 Å². The number of hydrogen-bond donors (Lipinski definition) is 2. The predicted octanol–water partition coefficient (Wildman–Crippen LogP) is 3.56. The molecule has 1 heterocycles. The van der Waals surface area contributed by atoms with Gasteiger partial charge in [-0.05, 0) is 31.1 Å². The van der Waals surface area contributed by atoms with Crippen LogP contribution in [0.15, 0.2) is 36.4 Å². The number of benzene rings is 1. The fourth-order valence-corrected chi connectivity index (χ4v) is 2.03. The first kappa shape index (κ1) is 10.8. The Balaban J connectivity index is 2.42. The van der Waals surface area contributed by atoms with Gasteiger partial charge in [0.25, 0.3) is 0 Å². The van der Waals surface area contributed by atoms with Crippen LogP contribution in [0.4, 0.5) is 5.69 Å². The third kappa shape index (κ3) is 1.83. The van der Waals surface area contributed by atoms with Crippen LogP contribution in [0, 0.1) is 0 Å². The number of allylic oxidation sites excluding steroid dienone is 3. The van der Waals surface area contributed by atoms with E-state index >= 15 is 0 Å². The van der Waals surface area contributed by atoms with E-state index in [-0.39, 0.29) is 6.04 Å². The molecule has 0 aliphatic carbocycles. The summed E-state index contributed by atoms with van der Waals surface area (Å²) in [4.78, 5) is 0. The monoisotopic (exact) mass is 215 g/mol. The molecule has 0 saturated carbocycles. The molecule has 0 amide bonds. The number of anilines is 1. The minimum Gasteiger partial charge on any atom is -0.507 e. The molecule has 1 aliphatic heterocycles. The Morgan fingerprint density at radius 1 is 1.44 bits per heavy atom. The van der Waals surface area contributed by atoms with Gasteiger partial charge in [0.05, 0.1) is 0 Å². The summed E-state index contributed by atoms with van der Waals surface area (Å²) in [5.41, 5.74) is 3.11. The smallest absolute Gasteiger partial charge is 0.125 e. The SMILES string of the molecule is CC/C=C\C=C1\c2c(O)cccc2NC1C. The topological polar surface area (TPSA) is 32.3 Å². The van der Waals surface area contributed by atoms with Gasteiger partial charge in [-0.25, -0.2) is 0 Å². The molecule has 1 atom stereocenters. The first-order chi connectivity index (χ1) is 7.74. The molecule has 0 fully saturated rings. The second-order valence-electron chi connectivity index (χ2n) is 4.02. The van der Waals surface area contributed by atoms with Crippen LogP contribution in [0.1, 0.15) is 25.8 Å². The van der Waals surface area contributed by atoms with Gasteiger partial charge in [-0.2, -0.15) is 0 Å². The first-order valence-corrected chi connectivity index (χ1v) is 5.69. The minimum absolute atomic E-state index is 0.254. The molecule has 1 aromatic carbocycles. The Morgan fingerprint density at radius 3 is 3.00 bits per heavy atom. The van der Waals surface area contributed by atoms with Gasteiger partial charge >= 0.3 is 0 Å². The van der Waals surface area contributed by atoms with Crippen LogP contribution < -0.4 is 5.32 Å². The fourth-order valence-electron chi connectivity index (χ4n) is 2.03. The molecule has 1 unspecified atom stereocenters. The lowest BCUT2D eigenvalue weighted by molar-refractivity contribution is 0.474. The maximum absolute atomic E-state index is 9.87. The highest BCUT2D eigenvalue weighted by molar-refractivity contribution is 5.90. The number of aromatic hydroxyl groups is 1. The normalized spacial score (nSPS) is 21.4. The molecule has 2 nitrogen and oxygen atoms in total. The number of hydrogen-bond acceptors (Lipinski definition) is 2. The van der Waals surface area contributed by atoms with E-state index < -0.39 is 0 Å². The molecule has 0 aromatic heterocycles. The fraction of sp³-hybridized carbons (Fsp3) is 0.286. The van der Waals surface area contributed by atoms with Crippen molar-refractivity contribution in [1.29, 1.82) is 0 Å². The zero-order valence-corrected chi connectivity index (χ0v) is 9.70. The zero-order chi connectivity index (χ0) is 11.5. The van der Waals surface area contributed by atoms with E-state index in [2.05, 4.69) is 37.4 Å². The summed E-state index contributed by atoms with van der Waals surface area (Å²) in [6.07, 6.45) is 7.26. The lowest BCUT2D eigenvalue weighted by Gasteiger charge is -2.05. The summed E-state index contributed by atoms with van der Waals surface area (Å²) in [7, 11) is 0. The third-order valence-corrected chi connectivity index (χ3v) is 2.82. The van der Waals surface area contributed by atoms with Crippen molar-refractivity contribution >= 4 is 11.3 Å². The van der Waals surface area contributed by atoms with Crippen LogP contribution in [-0.2, 0) is 0 Å². The molecule has 0 saturated heterocycles. The number of fused-ring (bicyclic) bond motifs is 1. The van der Waals surface area contributed by atoms with Crippen molar-refractivity contribution in [2.24, 2.45) is 0 Å². The Morgan fingerprint density at radius 2 is 2.25 bits per heavy atom. The summed E-state index contributed by atoms with van der Waals surface area (Å²) in [6, 6.07) is 5.84. The van der Waals surface area contributed by atoms with Crippen molar-refractivity contribution in [3.8, 4) is 5.75 Å². The van der Waals surface area contributed by atoms with Crippen molar-refractivity contribution in [3.05, 3.63) is 42.0 Å². The van der Waals surface area contributed by atoms with Crippen LogP contribution in [0.3, 0.4) is 0 Å². The summed E-state index contributed by atoms with van der Waals surface area (Å²) < 4.78 is 0. The summed E-state index contributed by atoms with van der Waals surface area (Å²) >= 11 is 0. The first-order valence-electron chi connectivity index (χ1n) is 5.69. The lowest BCUT2D eigenvalue weighted by Crippen LogP contribution is -2.07. The average molecular weight is 215 g/mol. The number of nitrogens with one attached hydrogen (secondary N) is 1. The standard InChI is InChI=1S/C14H17NO/c1-3-4-5-7-11-10(2)15-12-8-6-9-13(16)14(11)12/h4-10,15-16H,3H2,1-2H3/b5-4-,11-7+. The van der Waals surface area contributed by atoms with Gasteiger partial charge in [-0.15, -0.1) is 0 Å². The van der Waals surface area contributed by atoms with Gasteiger partial charge < -0.3 is 10.4 Å². The summed E-state index contributed by atoms with van der Waals surface area (Å²) in [5.74, 6) is 0.352. The molecular weight excluding hydrogens is 198 g/mol. The van der Waals surface area contributed by atoms with Crippen LogP contribution >= 0.6 is 0 Å². The van der Waals surface area contributed by atoms with Crippen LogP contribution in [0.5, 0.6) is 5.75 Å². The quantitative estimate of drug-likeness (QED) is 0.790.